The monoisotopic (exact) mass is 227 g/mol. The fourth-order valence-electron chi connectivity index (χ4n) is 1.14. The number of hydrogen-bond donors (Lipinski definition) is 2. The third kappa shape index (κ3) is 3.30. The number of carbonyl (C=O) groups excluding carboxylic acids is 2. The molecule has 1 heterocycles. The summed E-state index contributed by atoms with van der Waals surface area (Å²) in [4.78, 5) is 25.9. The van der Waals surface area contributed by atoms with E-state index in [4.69, 9.17) is 10.2 Å². The van der Waals surface area contributed by atoms with Gasteiger partial charge in [-0.3, -0.25) is 0 Å². The van der Waals surface area contributed by atoms with Crippen LogP contribution in [0.5, 0.6) is 11.8 Å². The van der Waals surface area contributed by atoms with Crippen molar-refractivity contribution in [3.63, 3.8) is 0 Å². The molecular formula is C10H13NO5. The van der Waals surface area contributed by atoms with Crippen LogP contribution in [0.3, 0.4) is 0 Å². The van der Waals surface area contributed by atoms with Crippen LogP contribution in [0, 0.1) is 0 Å². The van der Waals surface area contributed by atoms with Gasteiger partial charge < -0.3 is 19.8 Å². The summed E-state index contributed by atoms with van der Waals surface area (Å²) >= 11 is 0. The van der Waals surface area contributed by atoms with Crippen LogP contribution >= 0.6 is 0 Å². The molecule has 1 aromatic rings. The van der Waals surface area contributed by atoms with E-state index in [9.17, 15) is 9.59 Å². The summed E-state index contributed by atoms with van der Waals surface area (Å²) in [6.07, 6.45) is 2.47. The van der Waals surface area contributed by atoms with E-state index in [1.807, 2.05) is 0 Å². The lowest BCUT2D eigenvalue weighted by molar-refractivity contribution is -0.145. The van der Waals surface area contributed by atoms with E-state index in [1.54, 1.807) is 0 Å². The van der Waals surface area contributed by atoms with Crippen LogP contribution in [0.1, 0.15) is 25.7 Å². The molecule has 0 fully saturated rings. The molecule has 0 aliphatic heterocycles. The molecule has 6 nitrogen and oxygen atoms in total. The third-order valence-electron chi connectivity index (χ3n) is 1.94. The number of hydrogen-bond acceptors (Lipinski definition) is 5. The molecule has 0 aliphatic rings. The Labute approximate surface area is 92.0 Å². The number of unbranched alkanes of at least 4 members (excludes halogenated alkanes) is 2. The predicted octanol–water partition coefficient (Wildman–Crippen LogP) is 0.614. The minimum absolute atomic E-state index is 0.130. The quantitative estimate of drug-likeness (QED) is 0.549. The van der Waals surface area contributed by atoms with Crippen molar-refractivity contribution in [2.24, 2.45) is 0 Å². The highest BCUT2D eigenvalue weighted by Gasteiger charge is 2.11. The molecule has 1 rings (SSSR count). The summed E-state index contributed by atoms with van der Waals surface area (Å²) in [5.41, 5.74) is 0. The van der Waals surface area contributed by atoms with E-state index in [1.165, 1.54) is 12.1 Å². The summed E-state index contributed by atoms with van der Waals surface area (Å²) in [5.74, 6) is -1.27. The smallest absolute Gasteiger partial charge is 0.333 e. The Balaban J connectivity index is 2.37. The molecule has 2 N–H and O–H groups in total. The number of aromatic hydroxyl groups is 2. The summed E-state index contributed by atoms with van der Waals surface area (Å²) in [6, 6.07) is 2.41. The highest BCUT2D eigenvalue weighted by atomic mass is 16.7. The van der Waals surface area contributed by atoms with Gasteiger partial charge in [0.15, 0.2) is 0 Å². The second-order valence-corrected chi connectivity index (χ2v) is 3.22. The average Bonchev–Trinajstić information content (AvgIpc) is 2.56. The van der Waals surface area contributed by atoms with Gasteiger partial charge in [-0.15, -0.1) is 4.73 Å². The van der Waals surface area contributed by atoms with Crippen LogP contribution in [0.2, 0.25) is 0 Å². The molecule has 0 aromatic carbocycles. The molecule has 0 spiro atoms. The number of aldehydes is 1. The molecule has 0 unspecified atom stereocenters. The zero-order valence-electron chi connectivity index (χ0n) is 8.63. The number of rotatable bonds is 6. The fourth-order valence-corrected chi connectivity index (χ4v) is 1.14. The third-order valence-corrected chi connectivity index (χ3v) is 1.94. The van der Waals surface area contributed by atoms with Crippen LogP contribution in [0.4, 0.5) is 0 Å². The maximum absolute atomic E-state index is 11.2. The van der Waals surface area contributed by atoms with Gasteiger partial charge in [0.1, 0.15) is 6.29 Å². The van der Waals surface area contributed by atoms with Gasteiger partial charge >= 0.3 is 5.97 Å². The van der Waals surface area contributed by atoms with E-state index in [2.05, 4.69) is 4.84 Å². The zero-order chi connectivity index (χ0) is 12.0. The second kappa shape index (κ2) is 5.79. The Morgan fingerprint density at radius 3 is 2.50 bits per heavy atom. The van der Waals surface area contributed by atoms with Crippen molar-refractivity contribution < 1.29 is 24.6 Å². The molecule has 0 amide bonds. The molecule has 0 bridgehead atoms. The van der Waals surface area contributed by atoms with E-state index >= 15 is 0 Å². The lowest BCUT2D eigenvalue weighted by Crippen LogP contribution is -2.18. The fraction of sp³-hybridized carbons (Fsp3) is 0.400. The van der Waals surface area contributed by atoms with Crippen molar-refractivity contribution >= 4 is 12.3 Å². The minimum atomic E-state index is -0.576. The molecular weight excluding hydrogens is 214 g/mol. The van der Waals surface area contributed by atoms with Crippen molar-refractivity contribution in [3.05, 3.63) is 12.1 Å². The number of carbonyl (C=O) groups is 2. The number of nitrogens with zero attached hydrogens (tertiary/aromatic N) is 1. The summed E-state index contributed by atoms with van der Waals surface area (Å²) in [5, 5.41) is 18.3. The van der Waals surface area contributed by atoms with E-state index in [0.717, 1.165) is 6.29 Å². The maximum Gasteiger partial charge on any atom is 0.333 e. The lowest BCUT2D eigenvalue weighted by atomic mass is 10.2. The highest BCUT2D eigenvalue weighted by Crippen LogP contribution is 2.18. The van der Waals surface area contributed by atoms with E-state index in [-0.39, 0.29) is 18.2 Å². The van der Waals surface area contributed by atoms with Gasteiger partial charge in [-0.2, -0.15) is 0 Å². The molecule has 0 aliphatic carbocycles. The Morgan fingerprint density at radius 2 is 1.94 bits per heavy atom. The van der Waals surface area contributed by atoms with Gasteiger partial charge in [-0.05, 0) is 12.8 Å². The Hall–Kier alpha value is -1.98. The van der Waals surface area contributed by atoms with Gasteiger partial charge in [-0.25, -0.2) is 4.79 Å². The summed E-state index contributed by atoms with van der Waals surface area (Å²) < 4.78 is 0.641. The largest absolute Gasteiger partial charge is 0.492 e. The van der Waals surface area contributed by atoms with Gasteiger partial charge in [0.2, 0.25) is 11.8 Å². The first kappa shape index (κ1) is 12.1. The Kier molecular flexibility index (Phi) is 4.38. The molecule has 0 saturated carbocycles. The van der Waals surface area contributed by atoms with Crippen molar-refractivity contribution in [1.29, 1.82) is 0 Å². The van der Waals surface area contributed by atoms with Gasteiger partial charge in [0.25, 0.3) is 0 Å². The van der Waals surface area contributed by atoms with Crippen molar-refractivity contribution in [3.8, 4) is 11.8 Å². The number of aromatic nitrogens is 1. The molecule has 88 valence electrons. The van der Waals surface area contributed by atoms with E-state index in [0.29, 0.717) is 24.0 Å². The standard InChI is InChI=1S/C10H13NO5/c12-7-3-1-2-4-10(15)16-11-8(13)5-6-9(11)14/h5-7,13-14H,1-4H2. The van der Waals surface area contributed by atoms with Gasteiger partial charge in [0.05, 0.1) is 0 Å². The van der Waals surface area contributed by atoms with Crippen molar-refractivity contribution in [1.82, 2.24) is 4.73 Å². The highest BCUT2D eigenvalue weighted by molar-refractivity contribution is 5.69. The summed E-state index contributed by atoms with van der Waals surface area (Å²) in [6.45, 7) is 0. The Bertz CT molecular complexity index is 352. The molecule has 0 radical (unpaired) electrons. The minimum Gasteiger partial charge on any atom is -0.492 e. The van der Waals surface area contributed by atoms with Crippen LogP contribution in [0.25, 0.3) is 0 Å². The van der Waals surface area contributed by atoms with Crippen molar-refractivity contribution in [2.75, 3.05) is 0 Å². The SMILES string of the molecule is O=CCCCCC(=O)On1c(O)ccc1O. The molecule has 0 atom stereocenters. The maximum atomic E-state index is 11.2. The normalized spacial score (nSPS) is 10.0. The predicted molar refractivity (Wildman–Crippen MR) is 53.9 cm³/mol. The average molecular weight is 227 g/mol. The van der Waals surface area contributed by atoms with Gasteiger partial charge in [0, 0.05) is 25.0 Å². The first-order chi connectivity index (χ1) is 7.65. The molecule has 1 aromatic heterocycles. The second-order valence-electron chi connectivity index (χ2n) is 3.22. The van der Waals surface area contributed by atoms with Gasteiger partial charge in [-0.1, -0.05) is 0 Å². The van der Waals surface area contributed by atoms with Crippen LogP contribution < -0.4 is 4.84 Å². The van der Waals surface area contributed by atoms with E-state index < -0.39 is 5.97 Å². The molecule has 6 heteroatoms. The Morgan fingerprint density at radius 1 is 1.31 bits per heavy atom. The van der Waals surface area contributed by atoms with Crippen LogP contribution in [-0.2, 0) is 9.59 Å². The lowest BCUT2D eigenvalue weighted by Gasteiger charge is -2.06. The van der Waals surface area contributed by atoms with Crippen LogP contribution in [0.15, 0.2) is 12.1 Å². The van der Waals surface area contributed by atoms with Crippen LogP contribution in [-0.4, -0.2) is 27.2 Å². The molecule has 16 heavy (non-hydrogen) atoms. The first-order valence-electron chi connectivity index (χ1n) is 4.89. The zero-order valence-corrected chi connectivity index (χ0v) is 8.63. The topological polar surface area (TPSA) is 88.8 Å². The molecule has 0 saturated heterocycles. The van der Waals surface area contributed by atoms with Crippen molar-refractivity contribution in [2.45, 2.75) is 25.7 Å². The summed E-state index contributed by atoms with van der Waals surface area (Å²) in [7, 11) is 0. The first-order valence-corrected chi connectivity index (χ1v) is 4.89.